The van der Waals surface area contributed by atoms with Crippen LogP contribution in [-0.4, -0.2) is 56.0 Å². The number of carbonyl (C=O) groups is 1. The standard InChI is InChI=1S/C21H27N7O3S/c1-16-24-20(13-26(16)2)32(30,31)28-10-8-18(9-11-28)21(29)25-19(12-27-15-22-14-23-27)17-6-4-3-5-7-17/h3-7,13-15,18-19H,8-12H2,1-2H3,(H,25,29). The van der Waals surface area contributed by atoms with E-state index < -0.39 is 10.0 Å². The molecule has 2 aromatic heterocycles. The Hall–Kier alpha value is -3.05. The number of amides is 1. The maximum atomic E-state index is 13.0. The van der Waals surface area contributed by atoms with Crippen molar-refractivity contribution in [3.8, 4) is 0 Å². The van der Waals surface area contributed by atoms with E-state index in [4.69, 9.17) is 0 Å². The molecule has 0 aliphatic carbocycles. The highest BCUT2D eigenvalue weighted by molar-refractivity contribution is 7.89. The first-order valence-corrected chi connectivity index (χ1v) is 12.0. The molecule has 32 heavy (non-hydrogen) atoms. The van der Waals surface area contributed by atoms with Crippen molar-refractivity contribution in [1.82, 2.24) is 33.9 Å². The van der Waals surface area contributed by atoms with E-state index in [2.05, 4.69) is 20.4 Å². The summed E-state index contributed by atoms with van der Waals surface area (Å²) in [5.41, 5.74) is 0.974. The summed E-state index contributed by atoms with van der Waals surface area (Å²) in [6.07, 6.45) is 5.52. The summed E-state index contributed by atoms with van der Waals surface area (Å²) in [5.74, 6) is 0.302. The fraction of sp³-hybridized carbons (Fsp3) is 0.429. The maximum Gasteiger partial charge on any atom is 0.262 e. The van der Waals surface area contributed by atoms with Crippen LogP contribution in [0.2, 0.25) is 0 Å². The first-order chi connectivity index (χ1) is 15.3. The Morgan fingerprint density at radius 1 is 1.22 bits per heavy atom. The number of nitrogens with zero attached hydrogens (tertiary/aromatic N) is 6. The van der Waals surface area contributed by atoms with Gasteiger partial charge in [-0.3, -0.25) is 9.48 Å². The molecule has 1 N–H and O–H groups in total. The van der Waals surface area contributed by atoms with Crippen LogP contribution >= 0.6 is 0 Å². The van der Waals surface area contributed by atoms with Crippen molar-refractivity contribution >= 4 is 15.9 Å². The highest BCUT2D eigenvalue weighted by atomic mass is 32.2. The minimum atomic E-state index is -3.66. The van der Waals surface area contributed by atoms with Crippen molar-refractivity contribution in [2.24, 2.45) is 13.0 Å². The molecular formula is C21H27N7O3S. The Morgan fingerprint density at radius 2 is 1.94 bits per heavy atom. The normalized spacial score (nSPS) is 16.7. The van der Waals surface area contributed by atoms with E-state index in [1.165, 1.54) is 16.8 Å². The predicted octanol–water partition coefficient (Wildman–Crippen LogP) is 1.28. The first kappa shape index (κ1) is 22.2. The van der Waals surface area contributed by atoms with Crippen molar-refractivity contribution in [2.75, 3.05) is 13.1 Å². The molecule has 11 heteroatoms. The van der Waals surface area contributed by atoms with Gasteiger partial charge in [0.2, 0.25) is 5.91 Å². The Morgan fingerprint density at radius 3 is 2.53 bits per heavy atom. The van der Waals surface area contributed by atoms with Gasteiger partial charge in [0.25, 0.3) is 10.0 Å². The topological polar surface area (TPSA) is 115 Å². The zero-order valence-corrected chi connectivity index (χ0v) is 18.9. The number of benzene rings is 1. The molecule has 3 aromatic rings. The zero-order chi connectivity index (χ0) is 22.7. The van der Waals surface area contributed by atoms with Crippen molar-refractivity contribution in [3.63, 3.8) is 0 Å². The molecule has 1 aromatic carbocycles. The lowest BCUT2D eigenvalue weighted by molar-refractivity contribution is -0.127. The molecule has 1 fully saturated rings. The summed E-state index contributed by atoms with van der Waals surface area (Å²) in [4.78, 5) is 21.2. The number of hydrogen-bond acceptors (Lipinski definition) is 6. The lowest BCUT2D eigenvalue weighted by Crippen LogP contribution is -2.44. The van der Waals surface area contributed by atoms with Crippen LogP contribution in [0, 0.1) is 12.8 Å². The molecule has 1 saturated heterocycles. The molecule has 4 rings (SSSR count). The van der Waals surface area contributed by atoms with Gasteiger partial charge in [0.1, 0.15) is 18.5 Å². The van der Waals surface area contributed by atoms with Crippen LogP contribution in [0.1, 0.15) is 30.3 Å². The largest absolute Gasteiger partial charge is 0.347 e. The van der Waals surface area contributed by atoms with Crippen LogP contribution in [0.3, 0.4) is 0 Å². The van der Waals surface area contributed by atoms with Gasteiger partial charge in [-0.25, -0.2) is 18.4 Å². The molecular weight excluding hydrogens is 430 g/mol. The van der Waals surface area contributed by atoms with Gasteiger partial charge in [-0.1, -0.05) is 30.3 Å². The van der Waals surface area contributed by atoms with Gasteiger partial charge >= 0.3 is 0 Å². The minimum Gasteiger partial charge on any atom is -0.347 e. The van der Waals surface area contributed by atoms with Crippen molar-refractivity contribution < 1.29 is 13.2 Å². The number of imidazole rings is 1. The summed E-state index contributed by atoms with van der Waals surface area (Å²) < 4.78 is 30.6. The average Bonchev–Trinajstić information content (AvgIpc) is 3.44. The van der Waals surface area contributed by atoms with Crippen LogP contribution in [0.5, 0.6) is 0 Å². The molecule has 0 spiro atoms. The Kier molecular flexibility index (Phi) is 6.38. The van der Waals surface area contributed by atoms with Gasteiger partial charge in [0.05, 0.1) is 12.6 Å². The molecule has 1 unspecified atom stereocenters. The lowest BCUT2D eigenvalue weighted by atomic mass is 9.96. The molecule has 0 saturated carbocycles. The summed E-state index contributed by atoms with van der Waals surface area (Å²) in [5, 5.41) is 7.33. The van der Waals surface area contributed by atoms with E-state index in [0.29, 0.717) is 25.2 Å². The van der Waals surface area contributed by atoms with Crippen LogP contribution in [0.25, 0.3) is 0 Å². The average molecular weight is 458 g/mol. The molecule has 3 heterocycles. The summed E-state index contributed by atoms with van der Waals surface area (Å²) in [6, 6.07) is 9.45. The maximum absolute atomic E-state index is 13.0. The summed E-state index contributed by atoms with van der Waals surface area (Å²) in [6.45, 7) is 2.80. The van der Waals surface area contributed by atoms with Gasteiger partial charge in [0, 0.05) is 32.3 Å². The third kappa shape index (κ3) is 4.73. The number of carbonyl (C=O) groups excluding carboxylic acids is 1. The molecule has 1 amide bonds. The molecule has 1 atom stereocenters. The second kappa shape index (κ2) is 9.21. The minimum absolute atomic E-state index is 0.0531. The van der Waals surface area contributed by atoms with Crippen LogP contribution < -0.4 is 5.32 Å². The molecule has 1 aliphatic heterocycles. The number of hydrogen-bond donors (Lipinski definition) is 1. The van der Waals surface area contributed by atoms with E-state index in [1.807, 2.05) is 30.3 Å². The van der Waals surface area contributed by atoms with Gasteiger partial charge in [-0.2, -0.15) is 9.40 Å². The van der Waals surface area contributed by atoms with E-state index in [9.17, 15) is 13.2 Å². The third-order valence-electron chi connectivity index (χ3n) is 5.87. The number of aromatic nitrogens is 5. The van der Waals surface area contributed by atoms with Crippen molar-refractivity contribution in [1.29, 1.82) is 0 Å². The lowest BCUT2D eigenvalue weighted by Gasteiger charge is -2.31. The van der Waals surface area contributed by atoms with Crippen LogP contribution in [0.4, 0.5) is 0 Å². The number of rotatable bonds is 7. The van der Waals surface area contributed by atoms with E-state index in [0.717, 1.165) is 5.56 Å². The quantitative estimate of drug-likeness (QED) is 0.572. The molecule has 0 bridgehead atoms. The first-order valence-electron chi connectivity index (χ1n) is 10.5. The Labute approximate surface area is 187 Å². The molecule has 170 valence electrons. The fourth-order valence-electron chi connectivity index (χ4n) is 3.86. The van der Waals surface area contributed by atoms with Crippen LogP contribution in [0.15, 0.2) is 54.2 Å². The number of sulfonamides is 1. The number of nitrogens with one attached hydrogen (secondary N) is 1. The van der Waals surface area contributed by atoms with Gasteiger partial charge in [0.15, 0.2) is 5.03 Å². The smallest absolute Gasteiger partial charge is 0.262 e. The highest BCUT2D eigenvalue weighted by Gasteiger charge is 2.34. The second-order valence-corrected chi connectivity index (χ2v) is 9.89. The van der Waals surface area contributed by atoms with Crippen LogP contribution in [-0.2, 0) is 28.4 Å². The number of aryl methyl sites for hydroxylation is 2. The SMILES string of the molecule is Cc1nc(S(=O)(=O)N2CCC(C(=O)NC(Cn3cncn3)c3ccccc3)CC2)cn1C. The van der Waals surface area contributed by atoms with Gasteiger partial charge in [-0.05, 0) is 25.3 Å². The van der Waals surface area contributed by atoms with Crippen molar-refractivity contribution in [3.05, 3.63) is 60.6 Å². The van der Waals surface area contributed by atoms with E-state index in [-0.39, 0.29) is 36.0 Å². The monoisotopic (exact) mass is 457 g/mol. The van der Waals surface area contributed by atoms with Crippen molar-refractivity contribution in [2.45, 2.75) is 37.4 Å². The van der Waals surface area contributed by atoms with Gasteiger partial charge < -0.3 is 9.88 Å². The predicted molar refractivity (Wildman–Crippen MR) is 117 cm³/mol. The summed E-state index contributed by atoms with van der Waals surface area (Å²) >= 11 is 0. The third-order valence-corrected chi connectivity index (χ3v) is 7.64. The van der Waals surface area contributed by atoms with E-state index >= 15 is 0 Å². The number of piperidine rings is 1. The zero-order valence-electron chi connectivity index (χ0n) is 18.1. The van der Waals surface area contributed by atoms with Gasteiger partial charge in [-0.15, -0.1) is 0 Å². The Bertz CT molecular complexity index is 1130. The Balaban J connectivity index is 1.40. The molecule has 10 nitrogen and oxygen atoms in total. The fourth-order valence-corrected chi connectivity index (χ4v) is 5.36. The molecule has 1 aliphatic rings. The molecule has 0 radical (unpaired) electrons. The van der Waals surface area contributed by atoms with E-state index in [1.54, 1.807) is 29.5 Å². The summed E-state index contributed by atoms with van der Waals surface area (Å²) in [7, 11) is -1.90. The second-order valence-electron chi connectivity index (χ2n) is 8.00. The highest BCUT2D eigenvalue weighted by Crippen LogP contribution is 2.25.